The van der Waals surface area contributed by atoms with Gasteiger partial charge in [-0.15, -0.1) is 0 Å². The number of methoxy groups -OCH3 is 1. The molecule has 1 aromatic rings. The fourth-order valence-electron chi connectivity index (χ4n) is 3.84. The van der Waals surface area contributed by atoms with E-state index >= 15 is 0 Å². The lowest BCUT2D eigenvalue weighted by Gasteiger charge is -2.37. The molecule has 0 aromatic heterocycles. The molecule has 3 heteroatoms. The second-order valence-electron chi connectivity index (χ2n) is 6.02. The van der Waals surface area contributed by atoms with Crippen molar-refractivity contribution in [2.75, 3.05) is 13.7 Å². The van der Waals surface area contributed by atoms with E-state index in [1.807, 2.05) is 13.2 Å². The zero-order valence-corrected chi connectivity index (χ0v) is 12.4. The van der Waals surface area contributed by atoms with Gasteiger partial charge in [0.25, 0.3) is 0 Å². The van der Waals surface area contributed by atoms with Crippen molar-refractivity contribution < 1.29 is 4.74 Å². The van der Waals surface area contributed by atoms with Gasteiger partial charge in [-0.2, -0.15) is 0 Å². The van der Waals surface area contributed by atoms with Gasteiger partial charge in [-0.05, 0) is 49.3 Å². The van der Waals surface area contributed by atoms with E-state index in [9.17, 15) is 0 Å². The molecule has 3 rings (SSSR count). The summed E-state index contributed by atoms with van der Waals surface area (Å²) in [5, 5.41) is 4.61. The molecule has 0 radical (unpaired) electrons. The Morgan fingerprint density at radius 1 is 1.37 bits per heavy atom. The summed E-state index contributed by atoms with van der Waals surface area (Å²) >= 11 is 6.15. The van der Waals surface area contributed by atoms with Crippen molar-refractivity contribution in [1.82, 2.24) is 5.32 Å². The Morgan fingerprint density at radius 3 is 2.95 bits per heavy atom. The highest BCUT2D eigenvalue weighted by Gasteiger charge is 2.41. The summed E-state index contributed by atoms with van der Waals surface area (Å²) in [6.45, 7) is 2.93. The average Bonchev–Trinajstić information content (AvgIpc) is 2.79. The third-order valence-electron chi connectivity index (χ3n) is 4.82. The third kappa shape index (κ3) is 2.54. The van der Waals surface area contributed by atoms with E-state index in [2.05, 4.69) is 24.4 Å². The predicted octanol–water partition coefficient (Wildman–Crippen LogP) is 3.52. The third-order valence-corrected chi connectivity index (χ3v) is 5.24. The van der Waals surface area contributed by atoms with Crippen LogP contribution in [0.1, 0.15) is 36.3 Å². The number of fused-ring (bicyclic) bond motifs is 2. The van der Waals surface area contributed by atoms with E-state index in [4.69, 9.17) is 16.3 Å². The van der Waals surface area contributed by atoms with Crippen molar-refractivity contribution >= 4 is 11.6 Å². The first-order valence-electron chi connectivity index (χ1n) is 7.20. The summed E-state index contributed by atoms with van der Waals surface area (Å²) in [6, 6.07) is 7.83. The fraction of sp³-hybridized carbons (Fsp3) is 0.625. The second-order valence-corrected chi connectivity index (χ2v) is 6.42. The molecule has 2 unspecified atom stereocenters. The van der Waals surface area contributed by atoms with Crippen LogP contribution >= 0.6 is 11.6 Å². The molecule has 0 spiro atoms. The number of rotatable bonds is 3. The fourth-order valence-corrected chi connectivity index (χ4v) is 3.96. The van der Waals surface area contributed by atoms with Crippen LogP contribution in [0.3, 0.4) is 0 Å². The zero-order valence-electron chi connectivity index (χ0n) is 11.7. The van der Waals surface area contributed by atoms with E-state index in [1.165, 1.54) is 30.4 Å². The predicted molar refractivity (Wildman–Crippen MR) is 78.9 cm³/mol. The number of piperidine rings is 1. The molecule has 2 heterocycles. The van der Waals surface area contributed by atoms with E-state index in [0.29, 0.717) is 23.9 Å². The van der Waals surface area contributed by atoms with Crippen LogP contribution in [0.5, 0.6) is 0 Å². The van der Waals surface area contributed by atoms with Crippen molar-refractivity contribution in [1.29, 1.82) is 0 Å². The maximum Gasteiger partial charge on any atom is 0.0511 e. The van der Waals surface area contributed by atoms with Crippen molar-refractivity contribution in [2.24, 2.45) is 5.92 Å². The summed E-state index contributed by atoms with van der Waals surface area (Å²) in [7, 11) is 1.81. The van der Waals surface area contributed by atoms with Gasteiger partial charge in [0.15, 0.2) is 0 Å². The van der Waals surface area contributed by atoms with Gasteiger partial charge in [0.2, 0.25) is 0 Å². The number of hydrogen-bond donors (Lipinski definition) is 1. The standard InChI is InChI=1S/C16H22ClNO/c1-10-7-11(3-5-15(10)17)13-8-12-4-6-16(18-12)14(13)9-19-2/h3,5,7,12-14,16,18H,4,6,8-9H2,1-2H3/t12?,13-,14-,16?/m1/s1. The van der Waals surface area contributed by atoms with Crippen molar-refractivity contribution in [2.45, 2.75) is 44.2 Å². The van der Waals surface area contributed by atoms with E-state index in [0.717, 1.165) is 11.6 Å². The van der Waals surface area contributed by atoms with Crippen LogP contribution in [0.2, 0.25) is 5.02 Å². The first-order chi connectivity index (χ1) is 9.19. The van der Waals surface area contributed by atoms with Crippen LogP contribution in [-0.2, 0) is 4.74 Å². The summed E-state index contributed by atoms with van der Waals surface area (Å²) in [5.41, 5.74) is 2.61. The van der Waals surface area contributed by atoms with Crippen LogP contribution in [0.25, 0.3) is 0 Å². The molecular formula is C16H22ClNO. The Balaban J connectivity index is 1.89. The minimum absolute atomic E-state index is 0.587. The minimum Gasteiger partial charge on any atom is -0.384 e. The maximum absolute atomic E-state index is 6.15. The molecule has 0 aliphatic carbocycles. The number of benzene rings is 1. The van der Waals surface area contributed by atoms with Crippen molar-refractivity contribution in [3.05, 3.63) is 34.3 Å². The number of halogens is 1. The van der Waals surface area contributed by atoms with Gasteiger partial charge in [0.1, 0.15) is 0 Å². The number of ether oxygens (including phenoxy) is 1. The van der Waals surface area contributed by atoms with Crippen LogP contribution in [0, 0.1) is 12.8 Å². The summed E-state index contributed by atoms with van der Waals surface area (Å²) < 4.78 is 5.47. The van der Waals surface area contributed by atoms with Gasteiger partial charge in [-0.3, -0.25) is 0 Å². The highest BCUT2D eigenvalue weighted by molar-refractivity contribution is 6.31. The first kappa shape index (κ1) is 13.4. The molecule has 4 atom stereocenters. The van der Waals surface area contributed by atoms with Crippen LogP contribution in [0.4, 0.5) is 0 Å². The Hall–Kier alpha value is -0.570. The molecule has 1 aromatic carbocycles. The van der Waals surface area contributed by atoms with Gasteiger partial charge in [0, 0.05) is 30.1 Å². The highest BCUT2D eigenvalue weighted by Crippen LogP contribution is 2.42. The molecule has 2 bridgehead atoms. The normalized spacial score (nSPS) is 33.6. The lowest BCUT2D eigenvalue weighted by molar-refractivity contribution is 0.101. The molecule has 2 fully saturated rings. The number of aryl methyl sites for hydroxylation is 1. The molecular weight excluding hydrogens is 258 g/mol. The van der Waals surface area contributed by atoms with Gasteiger partial charge in [-0.1, -0.05) is 23.7 Å². The van der Waals surface area contributed by atoms with E-state index in [1.54, 1.807) is 0 Å². The summed E-state index contributed by atoms with van der Waals surface area (Å²) in [6.07, 6.45) is 3.83. The van der Waals surface area contributed by atoms with Crippen LogP contribution in [0.15, 0.2) is 18.2 Å². The van der Waals surface area contributed by atoms with Gasteiger partial charge in [-0.25, -0.2) is 0 Å². The maximum atomic E-state index is 6.15. The van der Waals surface area contributed by atoms with E-state index in [-0.39, 0.29) is 0 Å². The molecule has 0 saturated carbocycles. The van der Waals surface area contributed by atoms with Crippen LogP contribution in [-0.4, -0.2) is 25.8 Å². The zero-order chi connectivity index (χ0) is 13.4. The monoisotopic (exact) mass is 279 g/mol. The Kier molecular flexibility index (Phi) is 3.84. The smallest absolute Gasteiger partial charge is 0.0511 e. The Morgan fingerprint density at radius 2 is 2.21 bits per heavy atom. The van der Waals surface area contributed by atoms with E-state index < -0.39 is 0 Å². The molecule has 1 N–H and O–H groups in total. The molecule has 104 valence electrons. The van der Waals surface area contributed by atoms with Gasteiger partial charge in [0.05, 0.1) is 6.61 Å². The first-order valence-corrected chi connectivity index (χ1v) is 7.58. The SMILES string of the molecule is COC[C@H]1C2CCC(C[C@@H]1c1ccc(Cl)c(C)c1)N2. The summed E-state index contributed by atoms with van der Waals surface area (Å²) in [4.78, 5) is 0. The molecule has 0 amide bonds. The number of hydrogen-bond acceptors (Lipinski definition) is 2. The van der Waals surface area contributed by atoms with Gasteiger partial charge >= 0.3 is 0 Å². The Labute approximate surface area is 120 Å². The molecule has 2 aliphatic heterocycles. The lowest BCUT2D eigenvalue weighted by atomic mass is 9.77. The quantitative estimate of drug-likeness (QED) is 0.914. The molecule has 2 aliphatic rings. The minimum atomic E-state index is 0.587. The molecule has 2 nitrogen and oxygen atoms in total. The largest absolute Gasteiger partial charge is 0.384 e. The van der Waals surface area contributed by atoms with Crippen molar-refractivity contribution in [3.63, 3.8) is 0 Å². The lowest BCUT2D eigenvalue weighted by Crippen LogP contribution is -2.46. The number of nitrogens with one attached hydrogen (secondary N) is 1. The molecule has 2 saturated heterocycles. The topological polar surface area (TPSA) is 21.3 Å². The molecule has 19 heavy (non-hydrogen) atoms. The summed E-state index contributed by atoms with van der Waals surface area (Å²) in [5.74, 6) is 1.19. The Bertz CT molecular complexity index is 462. The van der Waals surface area contributed by atoms with Gasteiger partial charge < -0.3 is 10.1 Å². The second kappa shape index (κ2) is 5.43. The average molecular weight is 280 g/mol. The highest BCUT2D eigenvalue weighted by atomic mass is 35.5. The van der Waals surface area contributed by atoms with Crippen molar-refractivity contribution in [3.8, 4) is 0 Å². The van der Waals surface area contributed by atoms with Crippen LogP contribution < -0.4 is 5.32 Å².